The van der Waals surface area contributed by atoms with Crippen molar-refractivity contribution >= 4 is 23.2 Å². The van der Waals surface area contributed by atoms with Crippen LogP contribution in [-0.2, 0) is 17.5 Å². The Bertz CT molecular complexity index is 865. The summed E-state index contributed by atoms with van der Waals surface area (Å²) in [5.41, 5.74) is -0.261. The van der Waals surface area contributed by atoms with Crippen LogP contribution in [-0.4, -0.2) is 22.3 Å². The van der Waals surface area contributed by atoms with Crippen molar-refractivity contribution in [3.05, 3.63) is 40.7 Å². The second-order valence-electron chi connectivity index (χ2n) is 6.27. The monoisotopic (exact) mass is 423 g/mol. The number of rotatable bonds is 7. The fraction of sp³-hybridized carbons (Fsp3) is 0.412. The van der Waals surface area contributed by atoms with Crippen LogP contribution in [0.5, 0.6) is 5.75 Å². The molecule has 1 heterocycles. The van der Waals surface area contributed by atoms with Crippen molar-refractivity contribution in [3.63, 3.8) is 0 Å². The van der Waals surface area contributed by atoms with Crippen molar-refractivity contribution in [1.82, 2.24) is 9.78 Å². The van der Waals surface area contributed by atoms with E-state index in [0.717, 1.165) is 18.9 Å². The van der Waals surface area contributed by atoms with Gasteiger partial charge in [-0.2, -0.15) is 27.1 Å². The Kier molecular flexibility index (Phi) is 5.78. The third kappa shape index (κ3) is 5.12. The van der Waals surface area contributed by atoms with E-state index >= 15 is 0 Å². The van der Waals surface area contributed by atoms with E-state index in [1.807, 2.05) is 0 Å². The minimum atomic E-state index is -4.55. The smallest absolute Gasteiger partial charge is 0.433 e. The van der Waals surface area contributed by atoms with Gasteiger partial charge in [-0.1, -0.05) is 11.6 Å². The molecule has 2 aromatic rings. The van der Waals surface area contributed by atoms with Gasteiger partial charge in [0, 0.05) is 30.3 Å². The first-order valence-electron chi connectivity index (χ1n) is 8.32. The lowest BCUT2D eigenvalue weighted by Crippen LogP contribution is -2.16. The number of hydrogen-bond donors (Lipinski definition) is 1. The number of hydrogen-bond acceptors (Lipinski definition) is 3. The van der Waals surface area contributed by atoms with E-state index in [4.69, 9.17) is 11.6 Å². The molecular formula is C17H15ClF5N3O2. The second kappa shape index (κ2) is 7.94. The standard InChI is InChI=1S/C17H15ClF5N3O2/c18-11-7-10(3-4-13(11)28-16(19)20)24-15(27)5-6-26-12(9-1-2-9)8-14(25-26)17(21,22)23/h3-4,7-9,16H,1-2,5-6H2,(H,24,27). The highest BCUT2D eigenvalue weighted by Crippen LogP contribution is 2.42. The zero-order valence-corrected chi connectivity index (χ0v) is 15.0. The van der Waals surface area contributed by atoms with Gasteiger partial charge in [-0.3, -0.25) is 9.48 Å². The Hall–Kier alpha value is -2.36. The van der Waals surface area contributed by atoms with Gasteiger partial charge in [0.2, 0.25) is 5.91 Å². The average molecular weight is 424 g/mol. The van der Waals surface area contributed by atoms with Crippen molar-refractivity contribution in [2.75, 3.05) is 5.32 Å². The first kappa shape index (κ1) is 20.4. The number of carbonyl (C=O) groups is 1. The van der Waals surface area contributed by atoms with Gasteiger partial charge >= 0.3 is 12.8 Å². The van der Waals surface area contributed by atoms with Crippen LogP contribution in [0.25, 0.3) is 0 Å². The summed E-state index contributed by atoms with van der Waals surface area (Å²) in [7, 11) is 0. The van der Waals surface area contributed by atoms with E-state index in [-0.39, 0.29) is 35.3 Å². The predicted octanol–water partition coefficient (Wildman–Crippen LogP) is 5.06. The molecule has 1 amide bonds. The minimum Gasteiger partial charge on any atom is -0.433 e. The number of benzene rings is 1. The van der Waals surface area contributed by atoms with Crippen LogP contribution in [0.3, 0.4) is 0 Å². The molecule has 1 aliphatic rings. The number of nitrogens with zero attached hydrogens (tertiary/aromatic N) is 2. The summed E-state index contributed by atoms with van der Waals surface area (Å²) < 4.78 is 68.5. The Balaban J connectivity index is 1.62. The number of amides is 1. The van der Waals surface area contributed by atoms with Gasteiger partial charge in [-0.05, 0) is 37.1 Å². The first-order chi connectivity index (χ1) is 13.1. The highest BCUT2D eigenvalue weighted by atomic mass is 35.5. The summed E-state index contributed by atoms with van der Waals surface area (Å²) in [5, 5.41) is 5.97. The van der Waals surface area contributed by atoms with Crippen LogP contribution in [0.15, 0.2) is 24.3 Å². The van der Waals surface area contributed by atoms with Gasteiger partial charge in [-0.15, -0.1) is 0 Å². The Morgan fingerprint density at radius 1 is 1.32 bits per heavy atom. The molecule has 0 unspecified atom stereocenters. The van der Waals surface area contributed by atoms with Crippen LogP contribution in [0.2, 0.25) is 5.02 Å². The quantitative estimate of drug-likeness (QED) is 0.633. The summed E-state index contributed by atoms with van der Waals surface area (Å²) in [6.45, 7) is -3.05. The Morgan fingerprint density at radius 2 is 2.04 bits per heavy atom. The topological polar surface area (TPSA) is 56.2 Å². The summed E-state index contributed by atoms with van der Waals surface area (Å²) in [4.78, 5) is 12.1. The number of aryl methyl sites for hydroxylation is 1. The molecule has 0 atom stereocenters. The molecule has 0 spiro atoms. The van der Waals surface area contributed by atoms with Crippen molar-refractivity contribution in [2.45, 2.75) is 44.5 Å². The number of anilines is 1. The zero-order chi connectivity index (χ0) is 20.5. The number of alkyl halides is 5. The van der Waals surface area contributed by atoms with E-state index in [0.29, 0.717) is 5.69 Å². The van der Waals surface area contributed by atoms with E-state index in [1.165, 1.54) is 22.9 Å². The van der Waals surface area contributed by atoms with Crippen LogP contribution in [0.4, 0.5) is 27.6 Å². The maximum absolute atomic E-state index is 12.9. The second-order valence-corrected chi connectivity index (χ2v) is 6.68. The van der Waals surface area contributed by atoms with E-state index in [9.17, 15) is 26.7 Å². The molecule has 0 bridgehead atoms. The number of halogens is 6. The van der Waals surface area contributed by atoms with Crippen LogP contribution >= 0.6 is 11.6 Å². The lowest BCUT2D eigenvalue weighted by Gasteiger charge is -2.10. The molecule has 1 aromatic heterocycles. The lowest BCUT2D eigenvalue weighted by atomic mass is 10.2. The molecule has 0 aliphatic heterocycles. The molecular weight excluding hydrogens is 409 g/mol. The fourth-order valence-electron chi connectivity index (χ4n) is 2.66. The first-order valence-corrected chi connectivity index (χ1v) is 8.70. The Morgan fingerprint density at radius 3 is 2.61 bits per heavy atom. The fourth-order valence-corrected chi connectivity index (χ4v) is 2.88. The van der Waals surface area contributed by atoms with E-state index < -0.39 is 24.4 Å². The molecule has 152 valence electrons. The van der Waals surface area contributed by atoms with Crippen molar-refractivity contribution in [1.29, 1.82) is 0 Å². The van der Waals surface area contributed by atoms with Gasteiger partial charge in [0.15, 0.2) is 5.69 Å². The zero-order valence-electron chi connectivity index (χ0n) is 14.3. The molecule has 1 N–H and O–H groups in total. The van der Waals surface area contributed by atoms with Crippen molar-refractivity contribution in [3.8, 4) is 5.75 Å². The normalized spacial score (nSPS) is 14.4. The number of aromatic nitrogens is 2. The molecule has 3 rings (SSSR count). The summed E-state index contributed by atoms with van der Waals surface area (Å²) in [6.07, 6.45) is -3.08. The minimum absolute atomic E-state index is 0.0198. The SMILES string of the molecule is O=C(CCn1nc(C(F)(F)F)cc1C1CC1)Nc1ccc(OC(F)F)c(Cl)c1. The highest BCUT2D eigenvalue weighted by Gasteiger charge is 2.37. The van der Waals surface area contributed by atoms with Crippen LogP contribution in [0, 0.1) is 0 Å². The molecule has 11 heteroatoms. The van der Waals surface area contributed by atoms with E-state index in [2.05, 4.69) is 15.2 Å². The number of carbonyl (C=O) groups excluding carboxylic acids is 1. The molecule has 1 fully saturated rings. The third-order valence-electron chi connectivity index (χ3n) is 4.08. The van der Waals surface area contributed by atoms with Gasteiger partial charge < -0.3 is 10.1 Å². The number of ether oxygens (including phenoxy) is 1. The van der Waals surface area contributed by atoms with Gasteiger partial charge in [0.1, 0.15) is 5.75 Å². The molecule has 1 saturated carbocycles. The maximum atomic E-state index is 12.9. The molecule has 0 radical (unpaired) electrons. The van der Waals surface area contributed by atoms with Gasteiger partial charge in [0.25, 0.3) is 0 Å². The third-order valence-corrected chi connectivity index (χ3v) is 4.37. The largest absolute Gasteiger partial charge is 0.435 e. The molecule has 5 nitrogen and oxygen atoms in total. The van der Waals surface area contributed by atoms with Crippen molar-refractivity contribution in [2.24, 2.45) is 0 Å². The summed E-state index contributed by atoms with van der Waals surface area (Å²) in [6, 6.07) is 4.77. The Labute approximate surface area is 161 Å². The highest BCUT2D eigenvalue weighted by molar-refractivity contribution is 6.32. The summed E-state index contributed by atoms with van der Waals surface area (Å²) >= 11 is 5.81. The summed E-state index contributed by atoms with van der Waals surface area (Å²) in [5.74, 6) is -0.683. The molecule has 28 heavy (non-hydrogen) atoms. The van der Waals surface area contributed by atoms with Crippen LogP contribution < -0.4 is 10.1 Å². The molecule has 1 aromatic carbocycles. The molecule has 1 aliphatic carbocycles. The number of nitrogens with one attached hydrogen (secondary N) is 1. The lowest BCUT2D eigenvalue weighted by molar-refractivity contribution is -0.141. The average Bonchev–Trinajstić information content (AvgIpc) is 3.33. The van der Waals surface area contributed by atoms with Gasteiger partial charge in [-0.25, -0.2) is 0 Å². The van der Waals surface area contributed by atoms with Crippen LogP contribution in [0.1, 0.15) is 36.6 Å². The predicted molar refractivity (Wildman–Crippen MR) is 90.5 cm³/mol. The van der Waals surface area contributed by atoms with E-state index in [1.54, 1.807) is 0 Å². The maximum Gasteiger partial charge on any atom is 0.435 e. The van der Waals surface area contributed by atoms with Crippen molar-refractivity contribution < 1.29 is 31.5 Å². The van der Waals surface area contributed by atoms with Gasteiger partial charge in [0.05, 0.1) is 5.02 Å². The molecule has 0 saturated heterocycles.